The molecule has 1 aliphatic rings. The van der Waals surface area contributed by atoms with Crippen molar-refractivity contribution in [2.45, 2.75) is 39.0 Å². The zero-order valence-corrected chi connectivity index (χ0v) is 17.9. The quantitative estimate of drug-likeness (QED) is 0.552. The molecule has 8 nitrogen and oxygen atoms in total. The van der Waals surface area contributed by atoms with E-state index in [1.165, 1.54) is 7.11 Å². The summed E-state index contributed by atoms with van der Waals surface area (Å²) >= 11 is 0. The molecule has 2 heterocycles. The van der Waals surface area contributed by atoms with Gasteiger partial charge in [0.25, 0.3) is 0 Å². The van der Waals surface area contributed by atoms with Crippen LogP contribution in [0.5, 0.6) is 0 Å². The summed E-state index contributed by atoms with van der Waals surface area (Å²) in [5.41, 5.74) is 9.76. The fourth-order valence-electron chi connectivity index (χ4n) is 3.73. The van der Waals surface area contributed by atoms with Crippen LogP contribution >= 0.6 is 0 Å². The molecule has 162 valence electrons. The van der Waals surface area contributed by atoms with Crippen molar-refractivity contribution in [2.75, 3.05) is 12.5 Å². The highest BCUT2D eigenvalue weighted by Gasteiger charge is 2.31. The van der Waals surface area contributed by atoms with Crippen LogP contribution in [0.3, 0.4) is 0 Å². The molecule has 0 bridgehead atoms. The summed E-state index contributed by atoms with van der Waals surface area (Å²) in [5.74, 6) is -0.424. The monoisotopic (exact) mass is 423 g/mol. The lowest BCUT2D eigenvalue weighted by molar-refractivity contribution is 0.0537. The zero-order valence-electron chi connectivity index (χ0n) is 17.9. The lowest BCUT2D eigenvalue weighted by atomic mass is 10.0. The second-order valence-corrected chi connectivity index (χ2v) is 8.43. The van der Waals surface area contributed by atoms with E-state index in [1.54, 1.807) is 28.8 Å². The second kappa shape index (κ2) is 7.72. The molecular weight excluding hydrogens is 398 g/mol. The number of carbonyl (C=O) groups excluding carboxylic acids is 2. The van der Waals surface area contributed by atoms with Crippen LogP contribution in [0.15, 0.2) is 42.5 Å². The van der Waals surface area contributed by atoms with E-state index in [-0.39, 0.29) is 12.6 Å². The summed E-state index contributed by atoms with van der Waals surface area (Å²) in [7, 11) is 1.34. The maximum absolute atomic E-state index is 13.1. The first-order chi connectivity index (χ1) is 14.7. The van der Waals surface area contributed by atoms with Crippen molar-refractivity contribution in [3.63, 3.8) is 0 Å². The molecule has 0 saturated carbocycles. The summed E-state index contributed by atoms with van der Waals surface area (Å²) in [5, 5.41) is 10.3. The first-order valence-electron chi connectivity index (χ1n) is 9.94. The highest BCUT2D eigenvalue weighted by Crippen LogP contribution is 2.37. The average Bonchev–Trinajstić information content (AvgIpc) is 3.31. The Morgan fingerprint density at radius 3 is 2.58 bits per heavy atom. The van der Waals surface area contributed by atoms with E-state index in [9.17, 15) is 14.7 Å². The number of anilines is 1. The first-order valence-corrected chi connectivity index (χ1v) is 9.94. The topological polar surface area (TPSA) is 102 Å². The molecule has 0 radical (unpaired) electrons. The smallest absolute Gasteiger partial charge is 0.419 e. The van der Waals surface area contributed by atoms with Gasteiger partial charge in [0.15, 0.2) is 0 Å². The number of ether oxygens (including phenoxy) is 2. The van der Waals surface area contributed by atoms with Gasteiger partial charge >= 0.3 is 12.1 Å². The summed E-state index contributed by atoms with van der Waals surface area (Å²) in [4.78, 5) is 25.0. The van der Waals surface area contributed by atoms with Crippen LogP contribution in [0.25, 0.3) is 10.9 Å². The van der Waals surface area contributed by atoms with Gasteiger partial charge in [-0.3, -0.25) is 0 Å². The van der Waals surface area contributed by atoms with Gasteiger partial charge in [-0.25, -0.2) is 19.6 Å². The van der Waals surface area contributed by atoms with Gasteiger partial charge in [-0.05, 0) is 56.7 Å². The maximum Gasteiger partial charge on any atom is 0.419 e. The Labute approximate surface area is 179 Å². The van der Waals surface area contributed by atoms with Crippen LogP contribution in [-0.2, 0) is 16.1 Å². The highest BCUT2D eigenvalue weighted by atomic mass is 16.6. The van der Waals surface area contributed by atoms with E-state index in [0.29, 0.717) is 16.8 Å². The summed E-state index contributed by atoms with van der Waals surface area (Å²) in [6.45, 7) is 5.36. The van der Waals surface area contributed by atoms with Gasteiger partial charge in [-0.2, -0.15) is 0 Å². The number of methoxy groups -OCH3 is 1. The molecule has 0 saturated heterocycles. The molecule has 1 aromatic heterocycles. The number of fused-ring (bicyclic) bond motifs is 2. The Balaban J connectivity index is 1.84. The minimum absolute atomic E-state index is 0.0920. The number of nitrogens with one attached hydrogen (secondary N) is 2. The Hall–Kier alpha value is -3.36. The van der Waals surface area contributed by atoms with Crippen molar-refractivity contribution in [3.8, 4) is 0 Å². The molecule has 1 atom stereocenters. The summed E-state index contributed by atoms with van der Waals surface area (Å²) in [6, 6.07) is 12.2. The van der Waals surface area contributed by atoms with E-state index >= 15 is 0 Å². The Morgan fingerprint density at radius 2 is 1.90 bits per heavy atom. The number of hydrogen-bond donors (Lipinski definition) is 3. The number of hydrogen-bond acceptors (Lipinski definition) is 7. The molecule has 3 N–H and O–H groups in total. The molecule has 3 aromatic rings. The molecule has 0 fully saturated rings. The highest BCUT2D eigenvalue weighted by molar-refractivity contribution is 5.93. The number of aliphatic hydroxyl groups excluding tert-OH is 1. The summed E-state index contributed by atoms with van der Waals surface area (Å²) in [6.07, 6.45) is -0.490. The van der Waals surface area contributed by atoms with Gasteiger partial charge < -0.3 is 20.0 Å². The van der Waals surface area contributed by atoms with Crippen molar-refractivity contribution in [1.29, 1.82) is 0 Å². The number of nitrogens with zero attached hydrogens (tertiary/aromatic N) is 1. The van der Waals surface area contributed by atoms with Crippen molar-refractivity contribution < 1.29 is 24.2 Å². The molecule has 0 aliphatic carbocycles. The number of esters is 1. The molecular formula is C23H25N3O5. The molecule has 4 rings (SSSR count). The van der Waals surface area contributed by atoms with Crippen LogP contribution in [0.2, 0.25) is 0 Å². The fourth-order valence-corrected chi connectivity index (χ4v) is 3.73. The number of hydrazine groups is 1. The fraction of sp³-hybridized carbons (Fsp3) is 0.304. The van der Waals surface area contributed by atoms with Crippen LogP contribution in [-0.4, -0.2) is 34.4 Å². The van der Waals surface area contributed by atoms with Crippen LogP contribution in [0, 0.1) is 0 Å². The minimum atomic E-state index is -0.662. The van der Waals surface area contributed by atoms with E-state index in [4.69, 9.17) is 9.47 Å². The molecule has 1 unspecified atom stereocenters. The van der Waals surface area contributed by atoms with Crippen LogP contribution < -0.4 is 10.9 Å². The van der Waals surface area contributed by atoms with Crippen LogP contribution in [0.4, 0.5) is 10.5 Å². The first kappa shape index (κ1) is 20.9. The lowest BCUT2D eigenvalue weighted by Crippen LogP contribution is -2.30. The van der Waals surface area contributed by atoms with Crippen molar-refractivity contribution in [2.24, 2.45) is 0 Å². The number of rotatable bonds is 3. The zero-order chi connectivity index (χ0) is 22.3. The van der Waals surface area contributed by atoms with Crippen molar-refractivity contribution in [3.05, 3.63) is 64.8 Å². The van der Waals surface area contributed by atoms with Gasteiger partial charge in [-0.15, -0.1) is 0 Å². The van der Waals surface area contributed by atoms with Crippen LogP contribution in [0.1, 0.15) is 54.0 Å². The molecule has 2 aromatic carbocycles. The Kier molecular flexibility index (Phi) is 5.20. The SMILES string of the molecule is COC(=O)c1ccc2c(c1)NNC2c1cc2cc(CO)ccc2n1C(=O)OC(C)(C)C. The van der Waals surface area contributed by atoms with E-state index in [0.717, 1.165) is 22.2 Å². The van der Waals surface area contributed by atoms with E-state index in [2.05, 4.69) is 10.9 Å². The van der Waals surface area contributed by atoms with Crippen molar-refractivity contribution in [1.82, 2.24) is 9.99 Å². The number of carbonyl (C=O) groups is 2. The molecule has 0 amide bonds. The van der Waals surface area contributed by atoms with E-state index in [1.807, 2.05) is 39.0 Å². The van der Waals surface area contributed by atoms with Gasteiger partial charge in [0.1, 0.15) is 5.60 Å². The van der Waals surface area contributed by atoms with Gasteiger partial charge in [0.2, 0.25) is 0 Å². The molecule has 31 heavy (non-hydrogen) atoms. The standard InChI is InChI=1S/C23H25N3O5/c1-23(2,3)31-22(29)26-18-8-5-13(12-27)9-15(18)11-19(26)20-16-7-6-14(21(28)30-4)10-17(16)24-25-20/h5-11,20,24-25,27H,12H2,1-4H3. The number of benzene rings is 2. The van der Waals surface area contributed by atoms with Gasteiger partial charge in [0.05, 0.1) is 42.2 Å². The van der Waals surface area contributed by atoms with Gasteiger partial charge in [-0.1, -0.05) is 12.1 Å². The van der Waals surface area contributed by atoms with Gasteiger partial charge in [0, 0.05) is 10.9 Å². The summed E-state index contributed by atoms with van der Waals surface area (Å²) < 4.78 is 12.0. The number of aromatic nitrogens is 1. The molecule has 8 heteroatoms. The maximum atomic E-state index is 13.1. The Bertz CT molecular complexity index is 1180. The largest absolute Gasteiger partial charge is 0.465 e. The lowest BCUT2D eigenvalue weighted by Gasteiger charge is -2.22. The van der Waals surface area contributed by atoms with Crippen molar-refractivity contribution >= 4 is 28.7 Å². The predicted octanol–water partition coefficient (Wildman–Crippen LogP) is 3.72. The molecule has 1 aliphatic heterocycles. The third-order valence-corrected chi connectivity index (χ3v) is 5.09. The molecule has 0 spiro atoms. The number of aliphatic hydroxyl groups is 1. The normalized spacial score (nSPS) is 15.5. The average molecular weight is 423 g/mol. The van der Waals surface area contributed by atoms with E-state index < -0.39 is 17.7 Å². The second-order valence-electron chi connectivity index (χ2n) is 8.43. The predicted molar refractivity (Wildman–Crippen MR) is 116 cm³/mol. The minimum Gasteiger partial charge on any atom is -0.465 e. The Morgan fingerprint density at radius 1 is 1.13 bits per heavy atom. The third kappa shape index (κ3) is 3.87. The third-order valence-electron chi connectivity index (χ3n) is 5.09.